The van der Waals surface area contributed by atoms with Crippen molar-refractivity contribution in [1.29, 1.82) is 0 Å². The highest BCUT2D eigenvalue weighted by Crippen LogP contribution is 2.35. The van der Waals surface area contributed by atoms with Crippen LogP contribution in [0.2, 0.25) is 0 Å². The molecule has 1 atom stereocenters. The molecule has 0 bridgehead atoms. The molecule has 0 spiro atoms. The van der Waals surface area contributed by atoms with Crippen LogP contribution in [0.25, 0.3) is 0 Å². The maximum Gasteiger partial charge on any atom is 0.263 e. The molecular formula is C14H18N2O2S. The Hall–Kier alpha value is -1.36. The summed E-state index contributed by atoms with van der Waals surface area (Å²) < 4.78 is 26.5. The highest BCUT2D eigenvalue weighted by molar-refractivity contribution is 7.90. The van der Waals surface area contributed by atoms with Crippen LogP contribution in [0.15, 0.2) is 34.2 Å². The lowest BCUT2D eigenvalue weighted by Gasteiger charge is -2.10. The maximum absolute atomic E-state index is 12.0. The molecule has 0 amide bonds. The molecule has 0 saturated heterocycles. The van der Waals surface area contributed by atoms with Gasteiger partial charge in [0.25, 0.3) is 10.0 Å². The van der Waals surface area contributed by atoms with Gasteiger partial charge >= 0.3 is 0 Å². The summed E-state index contributed by atoms with van der Waals surface area (Å²) in [6.07, 6.45) is 4.61. The van der Waals surface area contributed by atoms with Crippen molar-refractivity contribution in [2.24, 2.45) is 10.9 Å². The quantitative estimate of drug-likeness (QED) is 0.918. The molecule has 4 nitrogen and oxygen atoms in total. The van der Waals surface area contributed by atoms with E-state index in [9.17, 15) is 8.42 Å². The minimum Gasteiger partial charge on any atom is -0.264 e. The Kier molecular flexibility index (Phi) is 3.09. The fourth-order valence-electron chi connectivity index (χ4n) is 2.46. The minimum atomic E-state index is -3.40. The number of nitrogens with one attached hydrogen (secondary N) is 1. The maximum atomic E-state index is 12.0. The summed E-state index contributed by atoms with van der Waals surface area (Å²) >= 11 is 0. The highest BCUT2D eigenvalue weighted by atomic mass is 32.2. The van der Waals surface area contributed by atoms with Gasteiger partial charge in [-0.05, 0) is 30.9 Å². The third-order valence-corrected chi connectivity index (χ3v) is 5.15. The Balaban J connectivity index is 1.93. The molecule has 19 heavy (non-hydrogen) atoms. The Bertz CT molecular complexity index is 618. The van der Waals surface area contributed by atoms with Gasteiger partial charge in [-0.25, -0.2) is 8.42 Å². The Morgan fingerprint density at radius 3 is 2.79 bits per heavy atom. The molecule has 5 heteroatoms. The Labute approximate surface area is 114 Å². The van der Waals surface area contributed by atoms with Crippen LogP contribution in [0, 0.1) is 5.92 Å². The average Bonchev–Trinajstić information content (AvgIpc) is 3.16. The van der Waals surface area contributed by atoms with E-state index in [1.807, 2.05) is 12.1 Å². The molecule has 1 saturated carbocycles. The Morgan fingerprint density at radius 1 is 1.37 bits per heavy atom. The number of aliphatic imine (C=N–C) groups is 1. The summed E-state index contributed by atoms with van der Waals surface area (Å²) in [7, 11) is -3.40. The number of nitrogens with zero attached hydrogens (tertiary/aromatic N) is 1. The van der Waals surface area contributed by atoms with Crippen LogP contribution in [0.3, 0.4) is 0 Å². The predicted molar refractivity (Wildman–Crippen MR) is 74.7 cm³/mol. The van der Waals surface area contributed by atoms with Gasteiger partial charge in [0, 0.05) is 5.56 Å². The van der Waals surface area contributed by atoms with E-state index in [1.54, 1.807) is 12.1 Å². The topological polar surface area (TPSA) is 58.5 Å². The number of sulfonamides is 1. The van der Waals surface area contributed by atoms with E-state index in [0.29, 0.717) is 16.3 Å². The summed E-state index contributed by atoms with van der Waals surface area (Å²) in [5.41, 5.74) is 0.705. The molecule has 1 aromatic carbocycles. The van der Waals surface area contributed by atoms with Gasteiger partial charge in [-0.15, -0.1) is 0 Å². The largest absolute Gasteiger partial charge is 0.264 e. The first-order chi connectivity index (χ1) is 9.10. The standard InChI is InChI=1S/C14H18N2O2S/c1-2-11(9-10-7-8-10)15-14-12-5-3-4-6-13(12)19(17,18)16-14/h3-6,10-11H,2,7-9H2,1H3,(H,15,16). The van der Waals surface area contributed by atoms with Crippen LogP contribution in [0.1, 0.15) is 38.2 Å². The lowest BCUT2D eigenvalue weighted by atomic mass is 10.1. The van der Waals surface area contributed by atoms with Crippen molar-refractivity contribution in [3.63, 3.8) is 0 Å². The third kappa shape index (κ3) is 2.52. The average molecular weight is 278 g/mol. The molecule has 1 aromatic rings. The zero-order valence-corrected chi connectivity index (χ0v) is 11.8. The molecule has 1 aliphatic carbocycles. The van der Waals surface area contributed by atoms with Crippen LogP contribution >= 0.6 is 0 Å². The normalized spacial score (nSPS) is 23.9. The predicted octanol–water partition coefficient (Wildman–Crippen LogP) is 2.30. The summed E-state index contributed by atoms with van der Waals surface area (Å²) in [6.45, 7) is 2.10. The van der Waals surface area contributed by atoms with E-state index in [0.717, 1.165) is 18.8 Å². The zero-order chi connectivity index (χ0) is 13.5. The van der Waals surface area contributed by atoms with E-state index < -0.39 is 10.0 Å². The van der Waals surface area contributed by atoms with Crippen LogP contribution in [-0.4, -0.2) is 20.3 Å². The van der Waals surface area contributed by atoms with Crippen molar-refractivity contribution in [3.8, 4) is 0 Å². The second-order valence-electron chi connectivity index (χ2n) is 5.32. The fraction of sp³-hybridized carbons (Fsp3) is 0.500. The van der Waals surface area contributed by atoms with E-state index in [-0.39, 0.29) is 6.04 Å². The van der Waals surface area contributed by atoms with Gasteiger partial charge in [0.1, 0.15) is 5.84 Å². The lowest BCUT2D eigenvalue weighted by Crippen LogP contribution is -2.24. The van der Waals surface area contributed by atoms with Gasteiger partial charge in [-0.3, -0.25) is 9.71 Å². The molecule has 2 aliphatic rings. The molecule has 1 N–H and O–H groups in total. The van der Waals surface area contributed by atoms with Gasteiger partial charge in [0.15, 0.2) is 0 Å². The number of rotatable bonds is 4. The molecule has 1 unspecified atom stereocenters. The third-order valence-electron chi connectivity index (χ3n) is 3.75. The van der Waals surface area contributed by atoms with Gasteiger partial charge in [0.2, 0.25) is 0 Å². The van der Waals surface area contributed by atoms with Gasteiger partial charge in [-0.2, -0.15) is 0 Å². The summed E-state index contributed by atoms with van der Waals surface area (Å²) in [5, 5.41) is 0. The van der Waals surface area contributed by atoms with Crippen molar-refractivity contribution in [2.45, 2.75) is 43.5 Å². The van der Waals surface area contributed by atoms with Gasteiger partial charge in [0.05, 0.1) is 10.9 Å². The first kappa shape index (κ1) is 12.7. The second-order valence-corrected chi connectivity index (χ2v) is 6.97. The molecule has 0 radical (unpaired) electrons. The number of benzene rings is 1. The molecule has 1 fully saturated rings. The van der Waals surface area contributed by atoms with Crippen LogP contribution in [0.4, 0.5) is 0 Å². The zero-order valence-electron chi connectivity index (χ0n) is 11.0. The minimum absolute atomic E-state index is 0.219. The molecule has 1 aliphatic heterocycles. The van der Waals surface area contributed by atoms with E-state index >= 15 is 0 Å². The smallest absolute Gasteiger partial charge is 0.263 e. The van der Waals surface area contributed by atoms with E-state index in [1.165, 1.54) is 12.8 Å². The number of hydrogen-bond acceptors (Lipinski definition) is 3. The van der Waals surface area contributed by atoms with E-state index in [4.69, 9.17) is 0 Å². The van der Waals surface area contributed by atoms with E-state index in [2.05, 4.69) is 16.6 Å². The summed E-state index contributed by atoms with van der Waals surface area (Å²) in [5.74, 6) is 1.31. The monoisotopic (exact) mass is 278 g/mol. The van der Waals surface area contributed by atoms with Crippen LogP contribution in [0.5, 0.6) is 0 Å². The van der Waals surface area contributed by atoms with Crippen molar-refractivity contribution in [3.05, 3.63) is 29.8 Å². The second kappa shape index (κ2) is 4.63. The number of fused-ring (bicyclic) bond motifs is 1. The molecule has 102 valence electrons. The molecule has 3 rings (SSSR count). The lowest BCUT2D eigenvalue weighted by molar-refractivity contribution is 0.556. The molecular weight excluding hydrogens is 260 g/mol. The highest BCUT2D eigenvalue weighted by Gasteiger charge is 2.31. The molecule has 0 aromatic heterocycles. The molecule has 1 heterocycles. The van der Waals surface area contributed by atoms with Crippen LogP contribution < -0.4 is 4.72 Å². The van der Waals surface area contributed by atoms with Crippen molar-refractivity contribution < 1.29 is 8.42 Å². The summed E-state index contributed by atoms with van der Waals surface area (Å²) in [4.78, 5) is 4.98. The number of amidine groups is 1. The first-order valence-corrected chi connectivity index (χ1v) is 8.28. The number of hydrogen-bond donors (Lipinski definition) is 1. The Morgan fingerprint density at radius 2 is 2.11 bits per heavy atom. The van der Waals surface area contributed by atoms with Crippen molar-refractivity contribution in [1.82, 2.24) is 4.72 Å². The van der Waals surface area contributed by atoms with Gasteiger partial charge in [-0.1, -0.05) is 31.9 Å². The summed E-state index contributed by atoms with van der Waals surface area (Å²) in [6, 6.07) is 7.25. The van der Waals surface area contributed by atoms with Crippen molar-refractivity contribution >= 4 is 15.9 Å². The van der Waals surface area contributed by atoms with Crippen LogP contribution in [-0.2, 0) is 10.0 Å². The van der Waals surface area contributed by atoms with Crippen molar-refractivity contribution in [2.75, 3.05) is 0 Å². The first-order valence-electron chi connectivity index (χ1n) is 6.80. The SMILES string of the molecule is CCC(CC1CC1)N=C1NS(=O)(=O)c2ccccc21. The van der Waals surface area contributed by atoms with Gasteiger partial charge < -0.3 is 0 Å². The fourth-order valence-corrected chi connectivity index (χ4v) is 3.70.